The van der Waals surface area contributed by atoms with Gasteiger partial charge in [-0.2, -0.15) is 0 Å². The molecule has 3 heterocycles. The molecule has 4 rings (SSSR count). The van der Waals surface area contributed by atoms with Gasteiger partial charge in [-0.05, 0) is 23.3 Å². The summed E-state index contributed by atoms with van der Waals surface area (Å²) in [6.45, 7) is 1.91. The number of aromatic nitrogens is 2. The number of amides is 3. The molecule has 0 unspecified atom stereocenters. The van der Waals surface area contributed by atoms with Crippen LogP contribution in [0.25, 0.3) is 0 Å². The van der Waals surface area contributed by atoms with Gasteiger partial charge in [0.15, 0.2) is 0 Å². The first-order valence-corrected chi connectivity index (χ1v) is 8.94. The summed E-state index contributed by atoms with van der Waals surface area (Å²) in [7, 11) is 0. The first kappa shape index (κ1) is 17.7. The molecule has 8 heteroatoms. The SMILES string of the molecule is O=C(NCc1ccncc1)c1cnc(N2CCN(Cc3ccccc3)C2=O)o1. The predicted octanol–water partition coefficient (Wildman–Crippen LogP) is 2.44. The molecule has 0 spiro atoms. The number of oxazole rings is 1. The van der Waals surface area contributed by atoms with Gasteiger partial charge in [0, 0.05) is 38.6 Å². The third-order valence-corrected chi connectivity index (χ3v) is 4.46. The van der Waals surface area contributed by atoms with Crippen molar-refractivity contribution >= 4 is 18.0 Å². The van der Waals surface area contributed by atoms with Crippen molar-refractivity contribution in [2.24, 2.45) is 0 Å². The monoisotopic (exact) mass is 377 g/mol. The van der Waals surface area contributed by atoms with E-state index in [0.717, 1.165) is 11.1 Å². The average Bonchev–Trinajstić information content (AvgIpc) is 3.35. The Labute approximate surface area is 161 Å². The van der Waals surface area contributed by atoms with Crippen molar-refractivity contribution < 1.29 is 14.0 Å². The van der Waals surface area contributed by atoms with Crippen LogP contribution < -0.4 is 10.2 Å². The van der Waals surface area contributed by atoms with Crippen molar-refractivity contribution in [2.75, 3.05) is 18.0 Å². The summed E-state index contributed by atoms with van der Waals surface area (Å²) in [5.41, 5.74) is 1.98. The van der Waals surface area contributed by atoms with Crippen molar-refractivity contribution in [3.05, 3.63) is 77.9 Å². The lowest BCUT2D eigenvalue weighted by Gasteiger charge is -2.16. The van der Waals surface area contributed by atoms with Crippen LogP contribution in [0.5, 0.6) is 0 Å². The zero-order chi connectivity index (χ0) is 19.3. The summed E-state index contributed by atoms with van der Waals surface area (Å²) in [4.78, 5) is 36.1. The highest BCUT2D eigenvalue weighted by atomic mass is 16.4. The van der Waals surface area contributed by atoms with Crippen molar-refractivity contribution in [3.8, 4) is 0 Å². The van der Waals surface area contributed by atoms with Crippen LogP contribution in [0.15, 0.2) is 65.5 Å². The maximum Gasteiger partial charge on any atom is 0.328 e. The van der Waals surface area contributed by atoms with E-state index in [4.69, 9.17) is 4.42 Å². The van der Waals surface area contributed by atoms with E-state index in [1.165, 1.54) is 11.1 Å². The van der Waals surface area contributed by atoms with Crippen molar-refractivity contribution in [1.82, 2.24) is 20.2 Å². The fraction of sp³-hybridized carbons (Fsp3) is 0.200. The highest BCUT2D eigenvalue weighted by Crippen LogP contribution is 2.21. The van der Waals surface area contributed by atoms with Gasteiger partial charge in [-0.25, -0.2) is 14.7 Å². The molecule has 1 aromatic carbocycles. The van der Waals surface area contributed by atoms with E-state index < -0.39 is 0 Å². The Kier molecular flexibility index (Phi) is 5.01. The van der Waals surface area contributed by atoms with Gasteiger partial charge < -0.3 is 14.6 Å². The minimum absolute atomic E-state index is 0.0679. The predicted molar refractivity (Wildman–Crippen MR) is 102 cm³/mol. The zero-order valence-corrected chi connectivity index (χ0v) is 15.1. The third-order valence-electron chi connectivity index (χ3n) is 4.46. The van der Waals surface area contributed by atoms with Gasteiger partial charge in [0.25, 0.3) is 5.91 Å². The Hall–Kier alpha value is -3.68. The van der Waals surface area contributed by atoms with Crippen LogP contribution in [0, 0.1) is 0 Å². The molecule has 1 fully saturated rings. The minimum atomic E-state index is -0.386. The molecule has 0 bridgehead atoms. The molecule has 3 amide bonds. The molecule has 8 nitrogen and oxygen atoms in total. The Morgan fingerprint density at radius 2 is 1.86 bits per heavy atom. The number of urea groups is 1. The number of rotatable bonds is 6. The van der Waals surface area contributed by atoms with E-state index in [1.54, 1.807) is 17.3 Å². The summed E-state index contributed by atoms with van der Waals surface area (Å²) in [6, 6.07) is 13.4. The van der Waals surface area contributed by atoms with Gasteiger partial charge in [0.1, 0.15) is 0 Å². The fourth-order valence-corrected chi connectivity index (χ4v) is 2.98. The lowest BCUT2D eigenvalue weighted by molar-refractivity contribution is 0.0923. The second-order valence-electron chi connectivity index (χ2n) is 6.39. The molecule has 0 radical (unpaired) electrons. The smallest absolute Gasteiger partial charge is 0.328 e. The highest BCUT2D eigenvalue weighted by molar-refractivity contribution is 5.94. The number of hydrogen-bond donors (Lipinski definition) is 1. The van der Waals surface area contributed by atoms with Crippen LogP contribution in [0.4, 0.5) is 10.8 Å². The Balaban J connectivity index is 1.37. The molecule has 0 atom stereocenters. The molecule has 2 aromatic heterocycles. The second kappa shape index (κ2) is 7.91. The second-order valence-corrected chi connectivity index (χ2v) is 6.39. The molecule has 1 aliphatic rings. The summed E-state index contributed by atoms with van der Waals surface area (Å²) >= 11 is 0. The van der Waals surface area contributed by atoms with E-state index in [2.05, 4.69) is 15.3 Å². The molecular formula is C20H19N5O3. The van der Waals surface area contributed by atoms with Crippen LogP contribution >= 0.6 is 0 Å². The van der Waals surface area contributed by atoms with E-state index in [-0.39, 0.29) is 23.7 Å². The number of nitrogens with one attached hydrogen (secondary N) is 1. The average molecular weight is 377 g/mol. The standard InChI is InChI=1S/C20H19N5O3/c26-18(22-12-15-6-8-21-9-7-15)17-13-23-19(28-17)25-11-10-24(20(25)27)14-16-4-2-1-3-5-16/h1-9,13H,10-12,14H2,(H,22,26). The number of carbonyl (C=O) groups is 2. The van der Waals surface area contributed by atoms with Crippen LogP contribution in [-0.4, -0.2) is 39.9 Å². The Morgan fingerprint density at radius 1 is 1.07 bits per heavy atom. The summed E-state index contributed by atoms with van der Waals surface area (Å²) in [6.07, 6.45) is 4.66. The molecule has 1 N–H and O–H groups in total. The summed E-state index contributed by atoms with van der Waals surface area (Å²) < 4.78 is 5.53. The van der Waals surface area contributed by atoms with Crippen molar-refractivity contribution in [1.29, 1.82) is 0 Å². The highest BCUT2D eigenvalue weighted by Gasteiger charge is 2.33. The first-order valence-electron chi connectivity index (χ1n) is 8.94. The lowest BCUT2D eigenvalue weighted by atomic mass is 10.2. The van der Waals surface area contributed by atoms with Crippen LogP contribution in [0.2, 0.25) is 0 Å². The Morgan fingerprint density at radius 3 is 2.64 bits per heavy atom. The Bertz CT molecular complexity index is 958. The quantitative estimate of drug-likeness (QED) is 0.712. The van der Waals surface area contributed by atoms with Gasteiger partial charge in [-0.15, -0.1) is 0 Å². The molecule has 3 aromatic rings. The van der Waals surface area contributed by atoms with Crippen molar-refractivity contribution in [3.63, 3.8) is 0 Å². The van der Waals surface area contributed by atoms with Crippen LogP contribution in [-0.2, 0) is 13.1 Å². The normalized spacial score (nSPS) is 13.8. The molecule has 1 aliphatic heterocycles. The van der Waals surface area contributed by atoms with Crippen LogP contribution in [0.3, 0.4) is 0 Å². The molecular weight excluding hydrogens is 358 g/mol. The molecule has 0 aliphatic carbocycles. The molecule has 1 saturated heterocycles. The number of nitrogens with zero attached hydrogens (tertiary/aromatic N) is 4. The van der Waals surface area contributed by atoms with Gasteiger partial charge in [0.2, 0.25) is 5.76 Å². The lowest BCUT2D eigenvalue weighted by Crippen LogP contribution is -2.31. The largest absolute Gasteiger partial charge is 0.418 e. The first-order chi connectivity index (χ1) is 13.7. The molecule has 0 saturated carbocycles. The van der Waals surface area contributed by atoms with Crippen LogP contribution in [0.1, 0.15) is 21.7 Å². The molecule has 142 valence electrons. The van der Waals surface area contributed by atoms with E-state index in [1.807, 2.05) is 42.5 Å². The van der Waals surface area contributed by atoms with E-state index in [9.17, 15) is 9.59 Å². The number of benzene rings is 1. The summed E-state index contributed by atoms with van der Waals surface area (Å²) in [5, 5.41) is 2.76. The van der Waals surface area contributed by atoms with Gasteiger partial charge in [-0.3, -0.25) is 9.78 Å². The number of hydrogen-bond acceptors (Lipinski definition) is 5. The maximum atomic E-state index is 12.6. The fourth-order valence-electron chi connectivity index (χ4n) is 2.98. The van der Waals surface area contributed by atoms with Gasteiger partial charge in [0.05, 0.1) is 6.20 Å². The van der Waals surface area contributed by atoms with E-state index in [0.29, 0.717) is 26.2 Å². The van der Waals surface area contributed by atoms with Gasteiger partial charge >= 0.3 is 12.0 Å². The zero-order valence-electron chi connectivity index (χ0n) is 15.1. The third kappa shape index (κ3) is 3.85. The maximum absolute atomic E-state index is 12.6. The number of anilines is 1. The minimum Gasteiger partial charge on any atom is -0.418 e. The topological polar surface area (TPSA) is 91.6 Å². The van der Waals surface area contributed by atoms with Gasteiger partial charge in [-0.1, -0.05) is 30.3 Å². The number of carbonyl (C=O) groups excluding carboxylic acids is 2. The van der Waals surface area contributed by atoms with Crippen molar-refractivity contribution in [2.45, 2.75) is 13.1 Å². The number of pyridine rings is 1. The summed E-state index contributed by atoms with van der Waals surface area (Å²) in [5.74, 6) is -0.318. The van der Waals surface area contributed by atoms with E-state index >= 15 is 0 Å². The molecule has 28 heavy (non-hydrogen) atoms.